The van der Waals surface area contributed by atoms with Gasteiger partial charge in [-0.15, -0.1) is 11.3 Å². The van der Waals surface area contributed by atoms with E-state index in [1.54, 1.807) is 31.2 Å². The van der Waals surface area contributed by atoms with E-state index in [2.05, 4.69) is 4.98 Å². The number of ketones is 1. The third-order valence-electron chi connectivity index (χ3n) is 3.93. The summed E-state index contributed by atoms with van der Waals surface area (Å²) < 4.78 is 31.6. The number of aromatic nitrogens is 1. The Balaban J connectivity index is 1.76. The lowest BCUT2D eigenvalue weighted by molar-refractivity contribution is 0.0322. The van der Waals surface area contributed by atoms with Crippen molar-refractivity contribution in [3.63, 3.8) is 0 Å². The Kier molecular flexibility index (Phi) is 5.86. The first-order chi connectivity index (χ1) is 13.3. The second-order valence-corrected chi connectivity index (χ2v) is 7.42. The van der Waals surface area contributed by atoms with E-state index in [-0.39, 0.29) is 10.4 Å². The smallest absolute Gasteiger partial charge is 0.350 e. The molecular formula is C20H14ClF2NO3S. The van der Waals surface area contributed by atoms with Crippen LogP contribution in [0.3, 0.4) is 0 Å². The zero-order chi connectivity index (χ0) is 20.4. The van der Waals surface area contributed by atoms with Crippen molar-refractivity contribution in [3.05, 3.63) is 75.3 Å². The van der Waals surface area contributed by atoms with Gasteiger partial charge in [-0.2, -0.15) is 0 Å². The molecule has 3 aromatic rings. The number of hydrogen-bond donors (Lipinski definition) is 0. The van der Waals surface area contributed by atoms with Gasteiger partial charge < -0.3 is 4.74 Å². The molecular weight excluding hydrogens is 408 g/mol. The average Bonchev–Trinajstić information content (AvgIpc) is 3.05. The molecule has 1 aromatic heterocycles. The maximum Gasteiger partial charge on any atom is 0.350 e. The Morgan fingerprint density at radius 1 is 1.11 bits per heavy atom. The van der Waals surface area contributed by atoms with Crippen molar-refractivity contribution in [1.29, 1.82) is 0 Å². The van der Waals surface area contributed by atoms with Crippen LogP contribution < -0.4 is 0 Å². The highest BCUT2D eigenvalue weighted by molar-refractivity contribution is 7.17. The lowest BCUT2D eigenvalue weighted by atomic mass is 10.1. The number of thiazole rings is 1. The molecule has 0 amide bonds. The van der Waals surface area contributed by atoms with Crippen molar-refractivity contribution in [2.24, 2.45) is 0 Å². The van der Waals surface area contributed by atoms with E-state index in [0.29, 0.717) is 15.7 Å². The number of Topliss-reactive ketones (excluding diaryl/α,β-unsaturated/α-hetero) is 1. The van der Waals surface area contributed by atoms with Crippen LogP contribution in [-0.2, 0) is 4.74 Å². The molecule has 0 radical (unpaired) electrons. The normalized spacial score (nSPS) is 11.9. The molecule has 0 saturated heterocycles. The summed E-state index contributed by atoms with van der Waals surface area (Å²) >= 11 is 7.01. The summed E-state index contributed by atoms with van der Waals surface area (Å²) in [5.41, 5.74) is 1.18. The van der Waals surface area contributed by atoms with Gasteiger partial charge in [-0.1, -0.05) is 23.7 Å². The molecule has 0 aliphatic heterocycles. The highest BCUT2D eigenvalue weighted by Gasteiger charge is 2.24. The van der Waals surface area contributed by atoms with Crippen LogP contribution in [0.15, 0.2) is 42.5 Å². The summed E-state index contributed by atoms with van der Waals surface area (Å²) in [4.78, 5) is 29.4. The molecule has 4 nitrogen and oxygen atoms in total. The molecule has 0 spiro atoms. The van der Waals surface area contributed by atoms with Crippen LogP contribution in [0.1, 0.15) is 32.6 Å². The standard InChI is InChI=1S/C20H14ClF2NO3S/c1-10-18(28-19(24-10)12-3-6-14(21)7-4-12)20(26)27-11(2)17(25)13-5-8-15(22)16(23)9-13/h3-9,11H,1-2H3. The van der Waals surface area contributed by atoms with Gasteiger partial charge >= 0.3 is 5.97 Å². The lowest BCUT2D eigenvalue weighted by Gasteiger charge is -2.12. The third-order valence-corrected chi connectivity index (χ3v) is 5.37. The van der Waals surface area contributed by atoms with Crippen LogP contribution in [0.25, 0.3) is 10.6 Å². The van der Waals surface area contributed by atoms with E-state index in [4.69, 9.17) is 16.3 Å². The molecule has 1 atom stereocenters. The number of halogens is 3. The Morgan fingerprint density at radius 2 is 1.79 bits per heavy atom. The number of aryl methyl sites for hydroxylation is 1. The van der Waals surface area contributed by atoms with Gasteiger partial charge in [-0.25, -0.2) is 18.6 Å². The predicted molar refractivity (Wildman–Crippen MR) is 103 cm³/mol. The number of carbonyl (C=O) groups is 2. The number of rotatable bonds is 5. The van der Waals surface area contributed by atoms with E-state index in [1.807, 2.05) is 0 Å². The highest BCUT2D eigenvalue weighted by atomic mass is 35.5. The Morgan fingerprint density at radius 3 is 2.43 bits per heavy atom. The van der Waals surface area contributed by atoms with Crippen LogP contribution in [0.4, 0.5) is 8.78 Å². The number of benzene rings is 2. The van der Waals surface area contributed by atoms with Crippen LogP contribution >= 0.6 is 22.9 Å². The average molecular weight is 422 g/mol. The van der Waals surface area contributed by atoms with Gasteiger partial charge in [0.05, 0.1) is 5.69 Å². The highest BCUT2D eigenvalue weighted by Crippen LogP contribution is 2.29. The number of hydrogen-bond acceptors (Lipinski definition) is 5. The van der Waals surface area contributed by atoms with Crippen molar-refractivity contribution in [1.82, 2.24) is 4.98 Å². The topological polar surface area (TPSA) is 56.3 Å². The van der Waals surface area contributed by atoms with E-state index in [0.717, 1.165) is 35.1 Å². The van der Waals surface area contributed by atoms with E-state index in [1.165, 1.54) is 6.92 Å². The molecule has 0 fully saturated rings. The number of ether oxygens (including phenoxy) is 1. The molecule has 3 rings (SSSR count). The van der Waals surface area contributed by atoms with Crippen molar-refractivity contribution in [3.8, 4) is 10.6 Å². The molecule has 0 saturated carbocycles. The largest absolute Gasteiger partial charge is 0.450 e. The molecule has 8 heteroatoms. The van der Waals surface area contributed by atoms with Crippen LogP contribution in [-0.4, -0.2) is 22.8 Å². The van der Waals surface area contributed by atoms with Crippen LogP contribution in [0.2, 0.25) is 5.02 Å². The number of nitrogens with zero attached hydrogens (tertiary/aromatic N) is 1. The molecule has 28 heavy (non-hydrogen) atoms. The van der Waals surface area contributed by atoms with Crippen molar-refractivity contribution in [2.45, 2.75) is 20.0 Å². The minimum Gasteiger partial charge on any atom is -0.450 e. The maximum atomic E-state index is 13.3. The molecule has 1 unspecified atom stereocenters. The molecule has 1 heterocycles. The van der Waals surface area contributed by atoms with Gasteiger partial charge in [0.25, 0.3) is 0 Å². The maximum absolute atomic E-state index is 13.3. The zero-order valence-electron chi connectivity index (χ0n) is 14.8. The van der Waals surface area contributed by atoms with Crippen molar-refractivity contribution >= 4 is 34.7 Å². The van der Waals surface area contributed by atoms with Crippen LogP contribution in [0, 0.1) is 18.6 Å². The summed E-state index contributed by atoms with van der Waals surface area (Å²) in [5.74, 6) is -3.54. The van der Waals surface area contributed by atoms with E-state index in [9.17, 15) is 18.4 Å². The SMILES string of the molecule is Cc1nc(-c2ccc(Cl)cc2)sc1C(=O)OC(C)C(=O)c1ccc(F)c(F)c1. The second-order valence-electron chi connectivity index (χ2n) is 5.98. The van der Waals surface area contributed by atoms with E-state index < -0.39 is 29.5 Å². The quantitative estimate of drug-likeness (QED) is 0.404. The Bertz CT molecular complexity index is 1050. The molecule has 0 bridgehead atoms. The van der Waals surface area contributed by atoms with Gasteiger partial charge in [0.2, 0.25) is 5.78 Å². The molecule has 0 N–H and O–H groups in total. The summed E-state index contributed by atoms with van der Waals surface area (Å²) in [5, 5.41) is 1.20. The fourth-order valence-corrected chi connectivity index (χ4v) is 3.53. The van der Waals surface area contributed by atoms with Gasteiger partial charge in [0.1, 0.15) is 9.88 Å². The Hall–Kier alpha value is -2.64. The summed E-state index contributed by atoms with van der Waals surface area (Å²) in [6.45, 7) is 3.03. The van der Waals surface area contributed by atoms with Gasteiger partial charge in [0.15, 0.2) is 17.7 Å². The fourth-order valence-electron chi connectivity index (χ4n) is 2.45. The van der Waals surface area contributed by atoms with Gasteiger partial charge in [0, 0.05) is 16.1 Å². The first-order valence-corrected chi connectivity index (χ1v) is 9.39. The minimum atomic E-state index is -1.17. The summed E-state index contributed by atoms with van der Waals surface area (Å²) in [6, 6.07) is 9.77. The zero-order valence-corrected chi connectivity index (χ0v) is 16.4. The molecule has 144 valence electrons. The first-order valence-electron chi connectivity index (χ1n) is 8.20. The monoisotopic (exact) mass is 421 g/mol. The lowest BCUT2D eigenvalue weighted by Crippen LogP contribution is -2.24. The summed E-state index contributed by atoms with van der Waals surface area (Å²) in [6.07, 6.45) is -1.17. The molecule has 0 aliphatic rings. The third kappa shape index (κ3) is 4.26. The minimum absolute atomic E-state index is 0.0814. The molecule has 2 aromatic carbocycles. The summed E-state index contributed by atoms with van der Waals surface area (Å²) in [7, 11) is 0. The van der Waals surface area contributed by atoms with E-state index >= 15 is 0 Å². The predicted octanol–water partition coefficient (Wildman–Crippen LogP) is 5.48. The van der Waals surface area contributed by atoms with Gasteiger partial charge in [-0.05, 0) is 44.2 Å². The van der Waals surface area contributed by atoms with Gasteiger partial charge in [-0.3, -0.25) is 4.79 Å². The fraction of sp³-hybridized carbons (Fsp3) is 0.150. The Labute approximate surface area is 168 Å². The number of carbonyl (C=O) groups excluding carboxylic acids is 2. The van der Waals surface area contributed by atoms with Crippen molar-refractivity contribution in [2.75, 3.05) is 0 Å². The van der Waals surface area contributed by atoms with Crippen LogP contribution in [0.5, 0.6) is 0 Å². The molecule has 0 aliphatic carbocycles. The van der Waals surface area contributed by atoms with Crippen molar-refractivity contribution < 1.29 is 23.1 Å². The second kappa shape index (κ2) is 8.16. The first kappa shape index (κ1) is 20.1. The number of esters is 1.